The molecule has 0 aromatic heterocycles. The van der Waals surface area contributed by atoms with Crippen LogP contribution in [-0.2, 0) is 6.42 Å². The second-order valence-electron chi connectivity index (χ2n) is 5.85. The van der Waals surface area contributed by atoms with Gasteiger partial charge in [0.2, 0.25) is 0 Å². The number of nitrogens with zero attached hydrogens (tertiary/aromatic N) is 1. The van der Waals surface area contributed by atoms with Gasteiger partial charge in [0.25, 0.3) is 11.8 Å². The minimum absolute atomic E-state index is 0.233. The molecule has 0 unspecified atom stereocenters. The quantitative estimate of drug-likeness (QED) is 0.801. The van der Waals surface area contributed by atoms with Crippen LogP contribution in [0.1, 0.15) is 32.7 Å². The SMILES string of the molecule is O=C1c2ccccc2C(=O)N1CCOc1cccc2c1SCCC2. The Hall–Kier alpha value is -2.27. The second-order valence-corrected chi connectivity index (χ2v) is 6.96. The van der Waals surface area contributed by atoms with Gasteiger partial charge in [-0.1, -0.05) is 24.3 Å². The molecule has 0 fully saturated rings. The lowest BCUT2D eigenvalue weighted by Crippen LogP contribution is -2.33. The Morgan fingerprint density at radius 2 is 1.75 bits per heavy atom. The van der Waals surface area contributed by atoms with E-state index >= 15 is 0 Å². The minimum Gasteiger partial charge on any atom is -0.491 e. The number of rotatable bonds is 4. The molecular formula is C19H17NO3S. The normalized spacial score (nSPS) is 16.1. The number of fused-ring (bicyclic) bond motifs is 2. The van der Waals surface area contributed by atoms with Gasteiger partial charge in [0.15, 0.2) is 0 Å². The van der Waals surface area contributed by atoms with Crippen molar-refractivity contribution in [2.75, 3.05) is 18.9 Å². The first-order chi connectivity index (χ1) is 11.8. The highest BCUT2D eigenvalue weighted by atomic mass is 32.2. The van der Waals surface area contributed by atoms with Crippen LogP contribution < -0.4 is 4.74 Å². The van der Waals surface area contributed by atoms with E-state index < -0.39 is 0 Å². The van der Waals surface area contributed by atoms with Crippen molar-refractivity contribution in [1.82, 2.24) is 4.90 Å². The van der Waals surface area contributed by atoms with Crippen molar-refractivity contribution in [1.29, 1.82) is 0 Å². The Morgan fingerprint density at radius 1 is 1.00 bits per heavy atom. The van der Waals surface area contributed by atoms with Crippen LogP contribution in [0.15, 0.2) is 47.4 Å². The van der Waals surface area contributed by atoms with Crippen molar-refractivity contribution < 1.29 is 14.3 Å². The zero-order valence-corrected chi connectivity index (χ0v) is 14.0. The standard InChI is InChI=1S/C19H17NO3S/c21-18-14-7-1-2-8-15(14)19(22)20(18)10-11-23-16-9-3-5-13-6-4-12-24-17(13)16/h1-3,5,7-9H,4,6,10-12H2. The fourth-order valence-electron chi connectivity index (χ4n) is 3.16. The summed E-state index contributed by atoms with van der Waals surface area (Å²) in [5.41, 5.74) is 2.29. The number of hydrogen-bond donors (Lipinski definition) is 0. The fourth-order valence-corrected chi connectivity index (χ4v) is 4.28. The molecule has 122 valence electrons. The van der Waals surface area contributed by atoms with Gasteiger partial charge >= 0.3 is 0 Å². The van der Waals surface area contributed by atoms with Crippen LogP contribution in [0.2, 0.25) is 0 Å². The predicted octanol–water partition coefficient (Wildman–Crippen LogP) is 3.40. The Kier molecular flexibility index (Phi) is 4.02. The van der Waals surface area contributed by atoms with Crippen LogP contribution in [0.5, 0.6) is 5.75 Å². The summed E-state index contributed by atoms with van der Waals surface area (Å²) >= 11 is 1.82. The van der Waals surface area contributed by atoms with Gasteiger partial charge in [0.05, 0.1) is 22.6 Å². The van der Waals surface area contributed by atoms with Gasteiger partial charge in [0.1, 0.15) is 12.4 Å². The molecule has 2 aromatic rings. The molecule has 5 heteroatoms. The van der Waals surface area contributed by atoms with E-state index in [0.717, 1.165) is 17.9 Å². The third kappa shape index (κ3) is 2.59. The van der Waals surface area contributed by atoms with E-state index in [1.807, 2.05) is 23.9 Å². The Bertz CT molecular complexity index is 783. The molecule has 0 aliphatic carbocycles. The van der Waals surface area contributed by atoms with Crippen LogP contribution in [0.4, 0.5) is 0 Å². The van der Waals surface area contributed by atoms with E-state index in [2.05, 4.69) is 6.07 Å². The Balaban J connectivity index is 1.44. The molecule has 0 saturated heterocycles. The number of benzene rings is 2. The Labute approximate surface area is 144 Å². The smallest absolute Gasteiger partial charge is 0.261 e. The third-order valence-electron chi connectivity index (χ3n) is 4.35. The van der Waals surface area contributed by atoms with Gasteiger partial charge in [0, 0.05) is 0 Å². The van der Waals surface area contributed by atoms with Crippen LogP contribution in [0.25, 0.3) is 0 Å². The number of imide groups is 1. The number of thioether (sulfide) groups is 1. The van der Waals surface area contributed by atoms with Crippen molar-refractivity contribution in [2.45, 2.75) is 17.7 Å². The van der Waals surface area contributed by atoms with Crippen molar-refractivity contribution in [3.8, 4) is 5.75 Å². The molecule has 0 bridgehead atoms. The molecule has 2 aliphatic rings. The van der Waals surface area contributed by atoms with Gasteiger partial charge in [-0.25, -0.2) is 0 Å². The van der Waals surface area contributed by atoms with Crippen LogP contribution in [0, 0.1) is 0 Å². The van der Waals surface area contributed by atoms with E-state index in [9.17, 15) is 9.59 Å². The van der Waals surface area contributed by atoms with E-state index in [0.29, 0.717) is 17.7 Å². The molecule has 2 heterocycles. The molecule has 0 N–H and O–H groups in total. The predicted molar refractivity (Wildman–Crippen MR) is 92.8 cm³/mol. The molecule has 24 heavy (non-hydrogen) atoms. The number of aryl methyl sites for hydroxylation is 1. The van der Waals surface area contributed by atoms with E-state index in [1.54, 1.807) is 24.3 Å². The monoisotopic (exact) mass is 339 g/mol. The zero-order valence-electron chi connectivity index (χ0n) is 13.2. The Morgan fingerprint density at radius 3 is 2.50 bits per heavy atom. The summed E-state index contributed by atoms with van der Waals surface area (Å²) in [7, 11) is 0. The zero-order chi connectivity index (χ0) is 16.5. The van der Waals surface area contributed by atoms with Crippen LogP contribution in [-0.4, -0.2) is 35.6 Å². The first kappa shape index (κ1) is 15.3. The highest BCUT2D eigenvalue weighted by Gasteiger charge is 2.34. The summed E-state index contributed by atoms with van der Waals surface area (Å²) in [5.74, 6) is 1.49. The van der Waals surface area contributed by atoms with Gasteiger partial charge in [-0.2, -0.15) is 0 Å². The second kappa shape index (κ2) is 6.32. The molecule has 0 atom stereocenters. The highest BCUT2D eigenvalue weighted by molar-refractivity contribution is 7.99. The van der Waals surface area contributed by atoms with Crippen molar-refractivity contribution in [3.05, 3.63) is 59.2 Å². The summed E-state index contributed by atoms with van der Waals surface area (Å²) < 4.78 is 5.89. The van der Waals surface area contributed by atoms with Gasteiger partial charge < -0.3 is 4.74 Å². The number of carbonyl (C=O) groups excluding carboxylic acids is 2. The van der Waals surface area contributed by atoms with Crippen molar-refractivity contribution >= 4 is 23.6 Å². The summed E-state index contributed by atoms with van der Waals surface area (Å²) in [6.45, 7) is 0.573. The topological polar surface area (TPSA) is 46.6 Å². The highest BCUT2D eigenvalue weighted by Crippen LogP contribution is 2.37. The fraction of sp³-hybridized carbons (Fsp3) is 0.263. The van der Waals surface area contributed by atoms with Crippen LogP contribution >= 0.6 is 11.8 Å². The third-order valence-corrected chi connectivity index (χ3v) is 5.59. The molecular weight excluding hydrogens is 322 g/mol. The average molecular weight is 339 g/mol. The lowest BCUT2D eigenvalue weighted by molar-refractivity contribution is 0.0630. The van der Waals surface area contributed by atoms with Gasteiger partial charge in [-0.15, -0.1) is 11.8 Å². The minimum atomic E-state index is -0.233. The summed E-state index contributed by atoms with van der Waals surface area (Å²) in [6, 6.07) is 13.0. The maximum atomic E-state index is 12.3. The molecule has 0 saturated carbocycles. The summed E-state index contributed by atoms with van der Waals surface area (Å²) in [5, 5.41) is 0. The molecule has 0 spiro atoms. The molecule has 2 aromatic carbocycles. The van der Waals surface area contributed by atoms with Crippen molar-refractivity contribution in [3.63, 3.8) is 0 Å². The van der Waals surface area contributed by atoms with Gasteiger partial charge in [-0.05, 0) is 42.4 Å². The molecule has 0 radical (unpaired) electrons. The number of ether oxygens (including phenoxy) is 1. The summed E-state index contributed by atoms with van der Waals surface area (Å²) in [6.07, 6.45) is 2.27. The van der Waals surface area contributed by atoms with Crippen LogP contribution in [0.3, 0.4) is 0 Å². The number of hydrogen-bond acceptors (Lipinski definition) is 4. The van der Waals surface area contributed by atoms with Gasteiger partial charge in [-0.3, -0.25) is 14.5 Å². The molecule has 2 aliphatic heterocycles. The van der Waals surface area contributed by atoms with E-state index in [4.69, 9.17) is 4.74 Å². The number of carbonyl (C=O) groups is 2. The lowest BCUT2D eigenvalue weighted by Gasteiger charge is -2.20. The summed E-state index contributed by atoms with van der Waals surface area (Å²) in [4.78, 5) is 27.1. The van der Waals surface area contributed by atoms with E-state index in [1.165, 1.54) is 21.8 Å². The molecule has 4 rings (SSSR count). The maximum Gasteiger partial charge on any atom is 0.261 e. The maximum absolute atomic E-state index is 12.3. The largest absolute Gasteiger partial charge is 0.491 e. The molecule has 2 amide bonds. The van der Waals surface area contributed by atoms with Crippen molar-refractivity contribution in [2.24, 2.45) is 0 Å². The first-order valence-corrected chi connectivity index (χ1v) is 9.07. The number of amides is 2. The molecule has 4 nitrogen and oxygen atoms in total. The first-order valence-electron chi connectivity index (χ1n) is 8.08. The lowest BCUT2D eigenvalue weighted by atomic mass is 10.1. The average Bonchev–Trinajstić information content (AvgIpc) is 2.87. The van der Waals surface area contributed by atoms with E-state index in [-0.39, 0.29) is 18.4 Å².